The highest BCUT2D eigenvalue weighted by Crippen LogP contribution is 2.23. The van der Waals surface area contributed by atoms with E-state index < -0.39 is 0 Å². The minimum absolute atomic E-state index is 0.202. The first-order valence-corrected chi connectivity index (χ1v) is 6.50. The predicted octanol–water partition coefficient (Wildman–Crippen LogP) is 2.09. The monoisotopic (exact) mass is 277 g/mol. The summed E-state index contributed by atoms with van der Waals surface area (Å²) in [6.07, 6.45) is 5.09. The normalized spacial score (nSPS) is 28.5. The molecule has 0 aromatic heterocycles. The highest BCUT2D eigenvalue weighted by molar-refractivity contribution is 9.10. The van der Waals surface area contributed by atoms with Gasteiger partial charge in [0, 0.05) is 12.6 Å². The van der Waals surface area contributed by atoms with Gasteiger partial charge in [-0.1, -0.05) is 35.7 Å². The maximum atomic E-state index is 11.1. The van der Waals surface area contributed by atoms with Crippen LogP contribution in [0, 0.1) is 5.92 Å². The molecule has 0 aromatic carbocycles. The molecular formula is C11H20BrNO2. The Morgan fingerprint density at radius 1 is 1.60 bits per heavy atom. The SMILES string of the molecule is COC(=O)C(Br)CNC1CCCC(C)C1. The Hall–Kier alpha value is -0.0900. The molecule has 15 heavy (non-hydrogen) atoms. The molecule has 1 fully saturated rings. The molecule has 0 aromatic rings. The first-order chi connectivity index (χ1) is 7.13. The van der Waals surface area contributed by atoms with Crippen LogP contribution in [0.3, 0.4) is 0 Å². The van der Waals surface area contributed by atoms with Crippen LogP contribution in [-0.2, 0) is 9.53 Å². The lowest BCUT2D eigenvalue weighted by Crippen LogP contribution is -2.39. The van der Waals surface area contributed by atoms with Crippen LogP contribution in [0.25, 0.3) is 0 Å². The Labute approximate surface area is 100 Å². The summed E-state index contributed by atoms with van der Waals surface area (Å²) < 4.78 is 4.65. The van der Waals surface area contributed by atoms with E-state index in [4.69, 9.17) is 0 Å². The summed E-state index contributed by atoms with van der Waals surface area (Å²) in [5.74, 6) is 0.606. The van der Waals surface area contributed by atoms with Crippen molar-refractivity contribution in [2.24, 2.45) is 5.92 Å². The minimum Gasteiger partial charge on any atom is -0.468 e. The fourth-order valence-corrected chi connectivity index (χ4v) is 2.47. The topological polar surface area (TPSA) is 38.3 Å². The van der Waals surface area contributed by atoms with Crippen LogP contribution in [-0.4, -0.2) is 30.5 Å². The Morgan fingerprint density at radius 2 is 2.33 bits per heavy atom. The van der Waals surface area contributed by atoms with E-state index in [9.17, 15) is 4.79 Å². The van der Waals surface area contributed by atoms with E-state index in [1.54, 1.807) is 0 Å². The van der Waals surface area contributed by atoms with Crippen LogP contribution in [0.5, 0.6) is 0 Å². The molecule has 3 nitrogen and oxygen atoms in total. The third-order valence-electron chi connectivity index (χ3n) is 2.98. The summed E-state index contributed by atoms with van der Waals surface area (Å²) in [5, 5.41) is 3.42. The van der Waals surface area contributed by atoms with E-state index in [1.807, 2.05) is 0 Å². The Bertz CT molecular complexity index is 211. The summed E-state index contributed by atoms with van der Waals surface area (Å²) >= 11 is 3.31. The number of methoxy groups -OCH3 is 1. The molecule has 0 heterocycles. The largest absolute Gasteiger partial charge is 0.468 e. The number of hydrogen-bond acceptors (Lipinski definition) is 3. The number of carbonyl (C=O) groups excluding carboxylic acids is 1. The van der Waals surface area contributed by atoms with Gasteiger partial charge in [0.05, 0.1) is 7.11 Å². The molecule has 3 unspecified atom stereocenters. The summed E-state index contributed by atoms with van der Waals surface area (Å²) in [4.78, 5) is 10.9. The second-order valence-corrected chi connectivity index (χ2v) is 5.47. The van der Waals surface area contributed by atoms with Crippen molar-refractivity contribution >= 4 is 21.9 Å². The minimum atomic E-state index is -0.222. The smallest absolute Gasteiger partial charge is 0.320 e. The molecule has 1 aliphatic carbocycles. The molecule has 88 valence electrons. The lowest BCUT2D eigenvalue weighted by Gasteiger charge is -2.28. The van der Waals surface area contributed by atoms with Crippen molar-refractivity contribution < 1.29 is 9.53 Å². The van der Waals surface area contributed by atoms with Crippen LogP contribution in [0.2, 0.25) is 0 Å². The van der Waals surface area contributed by atoms with Crippen molar-refractivity contribution in [1.82, 2.24) is 5.32 Å². The first-order valence-electron chi connectivity index (χ1n) is 5.58. The van der Waals surface area contributed by atoms with Gasteiger partial charge in [-0.2, -0.15) is 0 Å². The van der Waals surface area contributed by atoms with Crippen molar-refractivity contribution in [3.05, 3.63) is 0 Å². The van der Waals surface area contributed by atoms with E-state index in [1.165, 1.54) is 32.8 Å². The second-order valence-electron chi connectivity index (χ2n) is 4.37. The van der Waals surface area contributed by atoms with Crippen molar-refractivity contribution in [2.75, 3.05) is 13.7 Å². The van der Waals surface area contributed by atoms with Gasteiger partial charge in [-0.3, -0.25) is 4.79 Å². The zero-order valence-electron chi connectivity index (χ0n) is 9.46. The van der Waals surface area contributed by atoms with E-state index >= 15 is 0 Å². The first kappa shape index (κ1) is 13.0. The lowest BCUT2D eigenvalue weighted by molar-refractivity contribution is -0.139. The van der Waals surface area contributed by atoms with Crippen LogP contribution >= 0.6 is 15.9 Å². The highest BCUT2D eigenvalue weighted by Gasteiger charge is 2.21. The van der Waals surface area contributed by atoms with Crippen LogP contribution in [0.1, 0.15) is 32.6 Å². The standard InChI is InChI=1S/C11H20BrNO2/c1-8-4-3-5-9(6-8)13-7-10(12)11(14)15-2/h8-10,13H,3-7H2,1-2H3. The summed E-state index contributed by atoms with van der Waals surface area (Å²) in [6.45, 7) is 2.95. The van der Waals surface area contributed by atoms with Gasteiger partial charge >= 0.3 is 5.97 Å². The van der Waals surface area contributed by atoms with E-state index in [-0.39, 0.29) is 10.8 Å². The molecule has 0 spiro atoms. The van der Waals surface area contributed by atoms with Crippen molar-refractivity contribution in [2.45, 2.75) is 43.5 Å². The van der Waals surface area contributed by atoms with Crippen LogP contribution in [0.4, 0.5) is 0 Å². The van der Waals surface area contributed by atoms with E-state index in [0.29, 0.717) is 12.6 Å². The Balaban J connectivity index is 2.21. The number of halogens is 1. The Morgan fingerprint density at radius 3 is 2.93 bits per heavy atom. The number of carbonyl (C=O) groups is 1. The number of nitrogens with one attached hydrogen (secondary N) is 1. The molecular weight excluding hydrogens is 258 g/mol. The van der Waals surface area contributed by atoms with E-state index in [2.05, 4.69) is 32.9 Å². The maximum absolute atomic E-state index is 11.1. The van der Waals surface area contributed by atoms with Crippen LogP contribution in [0.15, 0.2) is 0 Å². The molecule has 0 radical (unpaired) electrons. The second kappa shape index (κ2) is 6.48. The number of alkyl halides is 1. The summed E-state index contributed by atoms with van der Waals surface area (Å²) in [6, 6.07) is 0.568. The zero-order chi connectivity index (χ0) is 11.3. The molecule has 0 bridgehead atoms. The van der Waals surface area contributed by atoms with Crippen molar-refractivity contribution in [3.8, 4) is 0 Å². The highest BCUT2D eigenvalue weighted by atomic mass is 79.9. The summed E-state index contributed by atoms with van der Waals surface area (Å²) in [5.41, 5.74) is 0. The average Bonchev–Trinajstić information content (AvgIpc) is 2.25. The van der Waals surface area contributed by atoms with Gasteiger partial charge in [0.15, 0.2) is 0 Å². The van der Waals surface area contributed by atoms with Gasteiger partial charge in [0.2, 0.25) is 0 Å². The molecule has 1 saturated carbocycles. The maximum Gasteiger partial charge on any atom is 0.320 e. The van der Waals surface area contributed by atoms with Crippen LogP contribution < -0.4 is 5.32 Å². The third kappa shape index (κ3) is 4.51. The van der Waals surface area contributed by atoms with Gasteiger partial charge in [-0.15, -0.1) is 0 Å². The number of esters is 1. The van der Waals surface area contributed by atoms with Gasteiger partial charge in [0.25, 0.3) is 0 Å². The van der Waals surface area contributed by atoms with Gasteiger partial charge < -0.3 is 10.1 Å². The fraction of sp³-hybridized carbons (Fsp3) is 0.909. The van der Waals surface area contributed by atoms with Crippen molar-refractivity contribution in [1.29, 1.82) is 0 Å². The molecule has 0 aliphatic heterocycles. The molecule has 0 saturated heterocycles. The van der Waals surface area contributed by atoms with E-state index in [0.717, 1.165) is 5.92 Å². The average molecular weight is 278 g/mol. The molecule has 4 heteroatoms. The number of hydrogen-bond donors (Lipinski definition) is 1. The summed E-state index contributed by atoms with van der Waals surface area (Å²) in [7, 11) is 1.42. The third-order valence-corrected chi connectivity index (χ3v) is 3.68. The van der Waals surface area contributed by atoms with Gasteiger partial charge in [-0.25, -0.2) is 0 Å². The molecule has 1 rings (SSSR count). The number of ether oxygens (including phenoxy) is 1. The zero-order valence-corrected chi connectivity index (χ0v) is 11.0. The molecule has 0 amide bonds. The Kier molecular flexibility index (Phi) is 5.61. The molecule has 1 aliphatic rings. The lowest BCUT2D eigenvalue weighted by atomic mass is 9.87. The quantitative estimate of drug-likeness (QED) is 0.632. The molecule has 3 atom stereocenters. The van der Waals surface area contributed by atoms with Crippen molar-refractivity contribution in [3.63, 3.8) is 0 Å². The number of rotatable bonds is 4. The van der Waals surface area contributed by atoms with Gasteiger partial charge in [-0.05, 0) is 18.8 Å². The van der Waals surface area contributed by atoms with Gasteiger partial charge in [0.1, 0.15) is 4.83 Å². The fourth-order valence-electron chi connectivity index (χ4n) is 2.10. The predicted molar refractivity (Wildman–Crippen MR) is 64.2 cm³/mol. The molecule has 1 N–H and O–H groups in total.